The molecule has 0 spiro atoms. The Labute approximate surface area is 439 Å². The van der Waals surface area contributed by atoms with E-state index in [1.165, 1.54) is 45.8 Å². The van der Waals surface area contributed by atoms with E-state index in [1.807, 2.05) is 0 Å². The molecule has 70 heavy (non-hydrogen) atoms. The van der Waals surface area contributed by atoms with E-state index in [2.05, 4.69) is 132 Å². The molecule has 12 heteroatoms. The molecule has 8 nitrogen and oxygen atoms in total. The lowest BCUT2D eigenvalue weighted by atomic mass is 9.79. The highest BCUT2D eigenvalue weighted by Crippen LogP contribution is 2.44. The highest BCUT2D eigenvalue weighted by molar-refractivity contribution is 8.22. The zero-order valence-electron chi connectivity index (χ0n) is 44.4. The van der Waals surface area contributed by atoms with E-state index in [0.717, 1.165) is 67.5 Å². The van der Waals surface area contributed by atoms with Crippen LogP contribution in [0.4, 0.5) is 0 Å². The van der Waals surface area contributed by atoms with Crippen molar-refractivity contribution in [3.8, 4) is 23.0 Å². The first-order valence-electron chi connectivity index (χ1n) is 24.7. The zero-order chi connectivity index (χ0) is 51.0. The number of rotatable bonds is 2. The number of thioether (sulfide) groups is 2. The Balaban J connectivity index is 1.65. The Morgan fingerprint density at radius 2 is 0.629 bits per heavy atom. The van der Waals surface area contributed by atoms with Gasteiger partial charge in [-0.2, -0.15) is 0 Å². The lowest BCUT2D eigenvalue weighted by Gasteiger charge is -2.29. The van der Waals surface area contributed by atoms with E-state index >= 15 is 0 Å². The first-order valence-corrected chi connectivity index (χ1v) is 27.5. The van der Waals surface area contributed by atoms with Gasteiger partial charge in [0, 0.05) is 37.2 Å². The van der Waals surface area contributed by atoms with Gasteiger partial charge >= 0.3 is 0 Å². The number of methoxy groups -OCH3 is 2. The SMILES string of the molecule is COc1c2cc(C(C)(C)C)cc1Cc1cc(C(C)(C)C)cc3c1OCCOC(=S)SCCOCCOCCSC(=S)OCCOc1c(cc(C(C)(C)C)cc1Cc1cc(C(C)(C)C)cc(c1OC)C3)C2. The van der Waals surface area contributed by atoms with Crippen molar-refractivity contribution < 1.29 is 37.9 Å². The molecule has 1 heterocycles. The molecule has 2 aliphatic rings. The van der Waals surface area contributed by atoms with Crippen molar-refractivity contribution in [1.29, 1.82) is 0 Å². The summed E-state index contributed by atoms with van der Waals surface area (Å²) in [6.07, 6.45) is 2.29. The molecule has 6 rings (SSSR count). The van der Waals surface area contributed by atoms with Gasteiger partial charge in [0.05, 0.1) is 40.6 Å². The van der Waals surface area contributed by atoms with Crippen LogP contribution in [0.3, 0.4) is 0 Å². The lowest BCUT2D eigenvalue weighted by Crippen LogP contribution is -2.18. The molecule has 382 valence electrons. The summed E-state index contributed by atoms with van der Waals surface area (Å²) in [7, 11) is 3.59. The van der Waals surface area contributed by atoms with E-state index in [-0.39, 0.29) is 21.7 Å². The average molecular weight is 1030 g/mol. The third-order valence-electron chi connectivity index (χ3n) is 12.7. The van der Waals surface area contributed by atoms with Crippen LogP contribution >= 0.6 is 48.0 Å². The Kier molecular flexibility index (Phi) is 19.1. The van der Waals surface area contributed by atoms with Gasteiger partial charge in [-0.25, -0.2) is 0 Å². The molecule has 0 N–H and O–H groups in total. The average Bonchev–Trinajstić information content (AvgIpc) is 3.26. The highest BCUT2D eigenvalue weighted by Gasteiger charge is 2.29. The number of benzene rings is 4. The summed E-state index contributed by atoms with van der Waals surface area (Å²) in [4.78, 5) is 0. The number of thiocarbonyl (C=S) groups is 2. The van der Waals surface area contributed by atoms with E-state index in [9.17, 15) is 0 Å². The Hall–Kier alpha value is -3.52. The van der Waals surface area contributed by atoms with Crippen LogP contribution in [0.2, 0.25) is 0 Å². The van der Waals surface area contributed by atoms with Gasteiger partial charge in [0.15, 0.2) is 0 Å². The standard InChI is InChI=1S/C58H78O8S4/c1-55(2,3)45-29-37-25-41-33-47(57(7,8)9)35-43-27-39-31-46(56(4,5)6)32-40(50(39)60-14)28-44-36-48(58(10,11)12)34-42(26-38(30-45)49(37)59-13)52(44)64-18-20-66-54(68)70-24-22-62-16-15-61-21-23-69-53(67)65-19-17-63-51(41)43/h29-36H,15-28H2,1-14H3. The number of hydrogen-bond donors (Lipinski definition) is 0. The van der Waals surface area contributed by atoms with Crippen LogP contribution in [0.15, 0.2) is 48.5 Å². The van der Waals surface area contributed by atoms with Crippen molar-refractivity contribution in [2.45, 2.75) is 130 Å². The Bertz CT molecular complexity index is 2200. The third-order valence-corrected chi connectivity index (χ3v) is 15.1. The van der Waals surface area contributed by atoms with Crippen LogP contribution in [-0.4, -0.2) is 87.3 Å². The molecule has 0 atom stereocenters. The predicted molar refractivity (Wildman–Crippen MR) is 300 cm³/mol. The van der Waals surface area contributed by atoms with E-state index in [4.69, 9.17) is 62.3 Å². The summed E-state index contributed by atoms with van der Waals surface area (Å²) in [6.45, 7) is 30.6. The smallest absolute Gasteiger partial charge is 0.220 e. The molecule has 0 saturated carbocycles. The second-order valence-corrected chi connectivity index (χ2v) is 25.8. The van der Waals surface area contributed by atoms with Crippen LogP contribution in [-0.2, 0) is 66.3 Å². The highest BCUT2D eigenvalue weighted by atomic mass is 32.2. The predicted octanol–water partition coefficient (Wildman–Crippen LogP) is 13.4. The molecular formula is C58H78O8S4. The summed E-state index contributed by atoms with van der Waals surface area (Å²) in [5, 5.41) is 0. The zero-order valence-corrected chi connectivity index (χ0v) is 47.7. The summed E-state index contributed by atoms with van der Waals surface area (Å²) >= 11 is 14.2. The topological polar surface area (TPSA) is 73.8 Å². The van der Waals surface area contributed by atoms with E-state index in [0.29, 0.717) is 98.8 Å². The van der Waals surface area contributed by atoms with Crippen LogP contribution in [0.1, 0.15) is 150 Å². The first-order chi connectivity index (χ1) is 33.0. The second-order valence-electron chi connectivity index (χ2n) is 22.4. The van der Waals surface area contributed by atoms with Gasteiger partial charge in [0.25, 0.3) is 0 Å². The molecule has 0 radical (unpaired) electrons. The van der Waals surface area contributed by atoms with Crippen molar-refractivity contribution in [3.63, 3.8) is 0 Å². The summed E-state index contributed by atoms with van der Waals surface area (Å²) in [5.74, 6) is 4.74. The molecule has 10 bridgehead atoms. The van der Waals surface area contributed by atoms with Crippen molar-refractivity contribution in [1.82, 2.24) is 0 Å². The van der Waals surface area contributed by atoms with Gasteiger partial charge < -0.3 is 37.9 Å². The maximum Gasteiger partial charge on any atom is 0.220 e. The van der Waals surface area contributed by atoms with Gasteiger partial charge in [0.2, 0.25) is 8.77 Å². The minimum absolute atomic E-state index is 0.159. The lowest BCUT2D eigenvalue weighted by molar-refractivity contribution is 0.0605. The van der Waals surface area contributed by atoms with Gasteiger partial charge in [-0.05, 0) is 113 Å². The number of ether oxygens (including phenoxy) is 8. The molecule has 0 amide bonds. The fourth-order valence-electron chi connectivity index (χ4n) is 8.83. The molecule has 4 aromatic rings. The molecule has 1 aliphatic heterocycles. The van der Waals surface area contributed by atoms with Gasteiger partial charge in [0.1, 0.15) is 49.4 Å². The van der Waals surface area contributed by atoms with Crippen LogP contribution in [0.5, 0.6) is 23.0 Å². The Morgan fingerprint density at radius 3 is 0.886 bits per heavy atom. The second kappa shape index (κ2) is 24.0. The maximum absolute atomic E-state index is 7.01. The molecule has 0 fully saturated rings. The molecule has 1 aliphatic carbocycles. The fourth-order valence-corrected chi connectivity index (χ4v) is 10.6. The first kappa shape index (κ1) is 55.8. The minimum Gasteiger partial charge on any atom is -0.496 e. The van der Waals surface area contributed by atoms with Crippen molar-refractivity contribution in [2.24, 2.45) is 0 Å². The van der Waals surface area contributed by atoms with E-state index in [1.54, 1.807) is 14.2 Å². The summed E-state index contributed by atoms with van der Waals surface area (Å²) in [5.41, 5.74) is 12.9. The van der Waals surface area contributed by atoms with Crippen molar-refractivity contribution >= 4 is 56.7 Å². The van der Waals surface area contributed by atoms with Crippen molar-refractivity contribution in [3.05, 3.63) is 115 Å². The molecule has 0 aromatic heterocycles. The summed E-state index contributed by atoms with van der Waals surface area (Å²) < 4.78 is 51.9. The molecule has 4 aromatic carbocycles. The quantitative estimate of drug-likeness (QED) is 0.158. The van der Waals surface area contributed by atoms with Crippen LogP contribution in [0, 0.1) is 0 Å². The molecular weight excluding hydrogens is 953 g/mol. The Morgan fingerprint density at radius 1 is 0.371 bits per heavy atom. The van der Waals surface area contributed by atoms with Crippen LogP contribution in [0.25, 0.3) is 0 Å². The molecule has 0 unspecified atom stereocenters. The monoisotopic (exact) mass is 1030 g/mol. The van der Waals surface area contributed by atoms with Crippen LogP contribution < -0.4 is 18.9 Å². The number of fused-ring (bicyclic) bond motifs is 2. The van der Waals surface area contributed by atoms with Gasteiger partial charge in [-0.15, -0.1) is 0 Å². The fraction of sp³-hybridized carbons (Fsp3) is 0.552. The largest absolute Gasteiger partial charge is 0.496 e. The normalized spacial score (nSPS) is 16.8. The maximum atomic E-state index is 7.01. The van der Waals surface area contributed by atoms with E-state index < -0.39 is 0 Å². The van der Waals surface area contributed by atoms with Crippen molar-refractivity contribution in [2.75, 3.05) is 78.6 Å². The number of hydrogen-bond acceptors (Lipinski definition) is 12. The molecule has 0 saturated heterocycles. The minimum atomic E-state index is -0.161. The third kappa shape index (κ3) is 15.0. The summed E-state index contributed by atoms with van der Waals surface area (Å²) in [6, 6.07) is 18.7. The van der Waals surface area contributed by atoms with Gasteiger partial charge in [-0.1, -0.05) is 155 Å². The van der Waals surface area contributed by atoms with Gasteiger partial charge in [-0.3, -0.25) is 0 Å².